The van der Waals surface area contributed by atoms with Crippen molar-refractivity contribution in [3.8, 4) is 24.7 Å². The summed E-state index contributed by atoms with van der Waals surface area (Å²) < 4.78 is 5.44. The highest BCUT2D eigenvalue weighted by Gasteiger charge is 2.26. The summed E-state index contributed by atoms with van der Waals surface area (Å²) >= 11 is 0. The Labute approximate surface area is 85.7 Å². The summed E-state index contributed by atoms with van der Waals surface area (Å²) in [5, 5.41) is 9.49. The van der Waals surface area contributed by atoms with Crippen molar-refractivity contribution in [3.05, 3.63) is 0 Å². The van der Waals surface area contributed by atoms with E-state index in [4.69, 9.17) is 17.6 Å². The summed E-state index contributed by atoms with van der Waals surface area (Å²) in [6, 6.07) is 0. The zero-order chi connectivity index (χ0) is 10.4. The van der Waals surface area contributed by atoms with Gasteiger partial charge in [-0.15, -0.1) is 12.8 Å². The maximum atomic E-state index is 9.49. The summed E-state index contributed by atoms with van der Waals surface area (Å²) in [7, 11) is 0. The maximum Gasteiger partial charge on any atom is 0.117 e. The molecule has 1 saturated carbocycles. The lowest BCUT2D eigenvalue weighted by Crippen LogP contribution is -2.29. The van der Waals surface area contributed by atoms with E-state index in [0.29, 0.717) is 6.61 Å². The molecule has 2 heteroatoms. The van der Waals surface area contributed by atoms with Gasteiger partial charge in [-0.1, -0.05) is 18.3 Å². The van der Waals surface area contributed by atoms with Crippen molar-refractivity contribution in [2.45, 2.75) is 37.9 Å². The van der Waals surface area contributed by atoms with Gasteiger partial charge in [0, 0.05) is 0 Å². The first-order valence-electron chi connectivity index (χ1n) is 4.97. The number of aliphatic hydroxyl groups is 1. The largest absolute Gasteiger partial charge is 0.380 e. The Bertz CT molecular complexity index is 246. The van der Waals surface area contributed by atoms with Gasteiger partial charge in [0.2, 0.25) is 0 Å². The van der Waals surface area contributed by atoms with Crippen LogP contribution < -0.4 is 0 Å². The van der Waals surface area contributed by atoms with Crippen molar-refractivity contribution in [3.63, 3.8) is 0 Å². The van der Waals surface area contributed by atoms with E-state index in [1.54, 1.807) is 0 Å². The monoisotopic (exact) mass is 192 g/mol. The minimum atomic E-state index is -0.632. The average molecular weight is 192 g/mol. The molecule has 1 aliphatic carbocycles. The highest BCUT2D eigenvalue weighted by Crippen LogP contribution is 2.28. The third kappa shape index (κ3) is 3.07. The molecule has 0 aromatic rings. The van der Waals surface area contributed by atoms with Gasteiger partial charge < -0.3 is 9.84 Å². The highest BCUT2D eigenvalue weighted by atomic mass is 16.5. The molecule has 76 valence electrons. The number of rotatable bonds is 3. The van der Waals surface area contributed by atoms with Gasteiger partial charge in [0.25, 0.3) is 0 Å². The van der Waals surface area contributed by atoms with Crippen molar-refractivity contribution < 1.29 is 9.84 Å². The molecule has 3 atom stereocenters. The molecule has 3 unspecified atom stereocenters. The van der Waals surface area contributed by atoms with Crippen LogP contribution in [0.1, 0.15) is 25.7 Å². The molecule has 0 heterocycles. The first-order chi connectivity index (χ1) is 6.77. The summed E-state index contributed by atoms with van der Waals surface area (Å²) in [6.45, 7) is 0.351. The maximum absolute atomic E-state index is 9.49. The Morgan fingerprint density at radius 1 is 1.43 bits per heavy atom. The zero-order valence-electron chi connectivity index (χ0n) is 8.28. The molecule has 1 aliphatic rings. The smallest absolute Gasteiger partial charge is 0.117 e. The fourth-order valence-corrected chi connectivity index (χ4v) is 1.92. The molecule has 0 bridgehead atoms. The molecule has 0 aliphatic heterocycles. The van der Waals surface area contributed by atoms with Gasteiger partial charge in [0.05, 0.1) is 6.10 Å². The molecular formula is C12H16O2. The van der Waals surface area contributed by atoms with Gasteiger partial charge >= 0.3 is 0 Å². The van der Waals surface area contributed by atoms with Gasteiger partial charge in [0.1, 0.15) is 12.7 Å². The van der Waals surface area contributed by atoms with E-state index in [0.717, 1.165) is 25.7 Å². The Hall–Kier alpha value is -0.960. The van der Waals surface area contributed by atoms with Gasteiger partial charge in [-0.2, -0.15) is 0 Å². The van der Waals surface area contributed by atoms with Crippen LogP contribution in [0.3, 0.4) is 0 Å². The fraction of sp³-hybridized carbons (Fsp3) is 0.667. The topological polar surface area (TPSA) is 29.5 Å². The van der Waals surface area contributed by atoms with E-state index in [2.05, 4.69) is 11.8 Å². The van der Waals surface area contributed by atoms with Crippen LogP contribution >= 0.6 is 0 Å². The fourth-order valence-electron chi connectivity index (χ4n) is 1.92. The van der Waals surface area contributed by atoms with E-state index in [9.17, 15) is 5.11 Å². The average Bonchev–Trinajstić information content (AvgIpc) is 2.25. The second-order valence-electron chi connectivity index (χ2n) is 3.68. The van der Waals surface area contributed by atoms with E-state index in [1.165, 1.54) is 0 Å². The van der Waals surface area contributed by atoms with Crippen molar-refractivity contribution in [2.24, 2.45) is 5.92 Å². The number of terminal acetylenes is 2. The summed E-state index contributed by atoms with van der Waals surface area (Å²) in [6.07, 6.45) is 13.7. The summed E-state index contributed by atoms with van der Waals surface area (Å²) in [5.74, 6) is 5.00. The third-order valence-electron chi connectivity index (χ3n) is 2.69. The Morgan fingerprint density at radius 2 is 2.21 bits per heavy atom. The number of hydrogen-bond donors (Lipinski definition) is 1. The van der Waals surface area contributed by atoms with Crippen LogP contribution in [0.5, 0.6) is 0 Å². The van der Waals surface area contributed by atoms with E-state index >= 15 is 0 Å². The molecule has 1 N–H and O–H groups in total. The van der Waals surface area contributed by atoms with Crippen LogP contribution in [-0.4, -0.2) is 23.9 Å². The quantitative estimate of drug-likeness (QED) is 0.681. The van der Waals surface area contributed by atoms with Gasteiger partial charge in [-0.05, 0) is 25.2 Å². The predicted molar refractivity (Wildman–Crippen MR) is 55.4 cm³/mol. The zero-order valence-corrected chi connectivity index (χ0v) is 8.28. The molecule has 0 radical (unpaired) electrons. The molecule has 0 saturated heterocycles. The Kier molecular flexibility index (Phi) is 4.53. The van der Waals surface area contributed by atoms with Crippen LogP contribution in [0.4, 0.5) is 0 Å². The van der Waals surface area contributed by atoms with Crippen LogP contribution in [0.2, 0.25) is 0 Å². The molecule has 1 rings (SSSR count). The second kappa shape index (κ2) is 5.70. The molecule has 2 nitrogen and oxygen atoms in total. The van der Waals surface area contributed by atoms with Gasteiger partial charge in [-0.3, -0.25) is 0 Å². The summed E-state index contributed by atoms with van der Waals surface area (Å²) in [4.78, 5) is 0. The molecule has 0 spiro atoms. The SMILES string of the molecule is C#CCOC1CCCC(C(O)C#C)C1. The molecule has 0 amide bonds. The van der Waals surface area contributed by atoms with E-state index in [1.807, 2.05) is 0 Å². The standard InChI is InChI=1S/C12H16O2/c1-3-8-14-11-7-5-6-10(9-11)12(13)4-2/h1-2,10-13H,5-9H2. The normalized spacial score (nSPS) is 28.8. The van der Waals surface area contributed by atoms with E-state index in [-0.39, 0.29) is 12.0 Å². The first-order valence-corrected chi connectivity index (χ1v) is 4.97. The number of hydrogen-bond acceptors (Lipinski definition) is 2. The number of ether oxygens (including phenoxy) is 1. The van der Waals surface area contributed by atoms with Crippen molar-refractivity contribution in [1.82, 2.24) is 0 Å². The predicted octanol–water partition coefficient (Wildman–Crippen LogP) is 1.19. The second-order valence-corrected chi connectivity index (χ2v) is 3.68. The van der Waals surface area contributed by atoms with Gasteiger partial charge in [0.15, 0.2) is 0 Å². The van der Waals surface area contributed by atoms with Crippen molar-refractivity contribution in [2.75, 3.05) is 6.61 Å². The van der Waals surface area contributed by atoms with Crippen molar-refractivity contribution >= 4 is 0 Å². The molecule has 0 aromatic carbocycles. The number of aliphatic hydroxyl groups excluding tert-OH is 1. The lowest BCUT2D eigenvalue weighted by atomic mass is 9.84. The third-order valence-corrected chi connectivity index (χ3v) is 2.69. The first kappa shape index (κ1) is 11.1. The van der Waals surface area contributed by atoms with Crippen molar-refractivity contribution in [1.29, 1.82) is 0 Å². The minimum Gasteiger partial charge on any atom is -0.380 e. The Morgan fingerprint density at radius 3 is 2.86 bits per heavy atom. The van der Waals surface area contributed by atoms with Gasteiger partial charge in [-0.25, -0.2) is 0 Å². The minimum absolute atomic E-state index is 0.174. The van der Waals surface area contributed by atoms with Crippen LogP contribution in [0.25, 0.3) is 0 Å². The molecule has 1 fully saturated rings. The highest BCUT2D eigenvalue weighted by molar-refractivity contribution is 4.98. The van der Waals surface area contributed by atoms with Crippen LogP contribution in [0, 0.1) is 30.6 Å². The summed E-state index contributed by atoms with van der Waals surface area (Å²) in [5.41, 5.74) is 0. The molecular weight excluding hydrogens is 176 g/mol. The molecule has 14 heavy (non-hydrogen) atoms. The lowest BCUT2D eigenvalue weighted by molar-refractivity contribution is 0.00904. The van der Waals surface area contributed by atoms with Crippen LogP contribution in [0.15, 0.2) is 0 Å². The van der Waals surface area contributed by atoms with E-state index < -0.39 is 6.10 Å². The Balaban J connectivity index is 2.37. The lowest BCUT2D eigenvalue weighted by Gasteiger charge is -2.29. The molecule has 0 aromatic heterocycles. The van der Waals surface area contributed by atoms with Crippen LogP contribution in [-0.2, 0) is 4.74 Å².